The molecular weight excluding hydrogens is 234 g/mol. The van der Waals surface area contributed by atoms with E-state index in [0.29, 0.717) is 12.5 Å². The number of amides is 1. The lowest BCUT2D eigenvalue weighted by Gasteiger charge is -2.22. The number of aromatic nitrogens is 1. The summed E-state index contributed by atoms with van der Waals surface area (Å²) in [7, 11) is 3.59. The van der Waals surface area contributed by atoms with Gasteiger partial charge >= 0.3 is 0 Å². The van der Waals surface area contributed by atoms with E-state index in [0.717, 1.165) is 11.3 Å². The van der Waals surface area contributed by atoms with Crippen molar-refractivity contribution in [3.05, 3.63) is 16.6 Å². The van der Waals surface area contributed by atoms with Gasteiger partial charge in [-0.2, -0.15) is 0 Å². The number of carbonyl (C=O) groups is 1. The quantitative estimate of drug-likeness (QED) is 0.842. The summed E-state index contributed by atoms with van der Waals surface area (Å²) in [6, 6.07) is -0.105. The van der Waals surface area contributed by atoms with Gasteiger partial charge < -0.3 is 10.2 Å². The Morgan fingerprint density at radius 3 is 2.71 bits per heavy atom. The predicted octanol–water partition coefficient (Wildman–Crippen LogP) is 1.74. The maximum Gasteiger partial charge on any atom is 0.239 e. The topological polar surface area (TPSA) is 45.2 Å². The predicted molar refractivity (Wildman–Crippen MR) is 70.9 cm³/mol. The molecule has 1 amide bonds. The molecule has 0 radical (unpaired) electrons. The van der Waals surface area contributed by atoms with Gasteiger partial charge in [0.05, 0.1) is 11.6 Å². The van der Waals surface area contributed by atoms with Crippen LogP contribution in [0.15, 0.2) is 11.7 Å². The highest BCUT2D eigenvalue weighted by Crippen LogP contribution is 2.10. The molecule has 1 aromatic heterocycles. The molecule has 0 aliphatic carbocycles. The van der Waals surface area contributed by atoms with Crippen LogP contribution in [-0.4, -0.2) is 35.9 Å². The zero-order valence-electron chi connectivity index (χ0n) is 10.9. The summed E-state index contributed by atoms with van der Waals surface area (Å²) in [4.78, 5) is 18.8. The molecule has 4 nitrogen and oxygen atoms in total. The third-order valence-electron chi connectivity index (χ3n) is 2.45. The Morgan fingerprint density at radius 1 is 1.53 bits per heavy atom. The maximum atomic E-state index is 12.0. The van der Waals surface area contributed by atoms with Gasteiger partial charge in [0.2, 0.25) is 5.91 Å². The average molecular weight is 255 g/mol. The molecule has 1 N–H and O–H groups in total. The van der Waals surface area contributed by atoms with Gasteiger partial charge in [0.1, 0.15) is 0 Å². The van der Waals surface area contributed by atoms with Crippen molar-refractivity contribution in [3.63, 3.8) is 0 Å². The molecule has 0 fully saturated rings. The van der Waals surface area contributed by atoms with Gasteiger partial charge in [-0.3, -0.25) is 9.78 Å². The van der Waals surface area contributed by atoms with E-state index in [9.17, 15) is 4.79 Å². The van der Waals surface area contributed by atoms with Crippen molar-refractivity contribution in [2.45, 2.75) is 32.9 Å². The molecule has 0 bridgehead atoms. The molecule has 1 heterocycles. The fourth-order valence-electron chi connectivity index (χ4n) is 1.61. The fourth-order valence-corrected chi connectivity index (χ4v) is 2.15. The lowest BCUT2D eigenvalue weighted by Crippen LogP contribution is -2.44. The monoisotopic (exact) mass is 255 g/mol. The van der Waals surface area contributed by atoms with Crippen LogP contribution < -0.4 is 5.32 Å². The molecular formula is C12H21N3OS. The average Bonchev–Trinajstić information content (AvgIpc) is 2.75. The van der Waals surface area contributed by atoms with Gasteiger partial charge in [0, 0.05) is 31.7 Å². The SMILES string of the molecule is CC(C)CC(NCc1cncs1)C(=O)N(C)C. The lowest BCUT2D eigenvalue weighted by atomic mass is 10.0. The molecule has 0 spiro atoms. The van der Waals surface area contributed by atoms with Crippen LogP contribution in [-0.2, 0) is 11.3 Å². The van der Waals surface area contributed by atoms with Crippen molar-refractivity contribution >= 4 is 17.2 Å². The van der Waals surface area contributed by atoms with Crippen molar-refractivity contribution in [3.8, 4) is 0 Å². The number of nitrogens with one attached hydrogen (secondary N) is 1. The van der Waals surface area contributed by atoms with E-state index in [1.165, 1.54) is 0 Å². The molecule has 5 heteroatoms. The van der Waals surface area contributed by atoms with Gasteiger partial charge in [0.15, 0.2) is 0 Å². The van der Waals surface area contributed by atoms with Crippen LogP contribution in [0.3, 0.4) is 0 Å². The Bertz CT molecular complexity index is 336. The van der Waals surface area contributed by atoms with E-state index in [2.05, 4.69) is 24.1 Å². The van der Waals surface area contributed by atoms with E-state index in [1.54, 1.807) is 30.3 Å². The van der Waals surface area contributed by atoms with Crippen molar-refractivity contribution in [1.82, 2.24) is 15.2 Å². The minimum atomic E-state index is -0.105. The Labute approximate surface area is 107 Å². The normalized spacial score (nSPS) is 12.8. The highest BCUT2D eigenvalue weighted by molar-refractivity contribution is 7.09. The molecule has 0 saturated heterocycles. The number of carbonyl (C=O) groups excluding carboxylic acids is 1. The first-order valence-electron chi connectivity index (χ1n) is 5.82. The molecule has 0 aliphatic heterocycles. The van der Waals surface area contributed by atoms with Crippen molar-refractivity contribution in [2.75, 3.05) is 14.1 Å². The summed E-state index contributed by atoms with van der Waals surface area (Å²) >= 11 is 1.61. The van der Waals surface area contributed by atoms with E-state index >= 15 is 0 Å². The van der Waals surface area contributed by atoms with E-state index < -0.39 is 0 Å². The maximum absolute atomic E-state index is 12.0. The third kappa shape index (κ3) is 4.83. The van der Waals surface area contributed by atoms with Crippen molar-refractivity contribution < 1.29 is 4.79 Å². The van der Waals surface area contributed by atoms with Gasteiger partial charge in [0.25, 0.3) is 0 Å². The largest absolute Gasteiger partial charge is 0.347 e. The summed E-state index contributed by atoms with van der Waals surface area (Å²) in [5.41, 5.74) is 1.81. The Kier molecular flexibility index (Phi) is 5.58. The smallest absolute Gasteiger partial charge is 0.239 e. The van der Waals surface area contributed by atoms with Crippen LogP contribution in [0.4, 0.5) is 0 Å². The molecule has 1 rings (SSSR count). The summed E-state index contributed by atoms with van der Waals surface area (Å²) in [5.74, 6) is 0.640. The first kappa shape index (κ1) is 14.1. The molecule has 0 aromatic carbocycles. The number of hydrogen-bond donors (Lipinski definition) is 1. The summed E-state index contributed by atoms with van der Waals surface area (Å²) < 4.78 is 0. The summed E-state index contributed by atoms with van der Waals surface area (Å²) in [5, 5.41) is 3.31. The fraction of sp³-hybridized carbons (Fsp3) is 0.667. The zero-order valence-corrected chi connectivity index (χ0v) is 11.8. The number of nitrogens with zero attached hydrogens (tertiary/aromatic N) is 2. The van der Waals surface area contributed by atoms with E-state index in [-0.39, 0.29) is 11.9 Å². The van der Waals surface area contributed by atoms with Crippen molar-refractivity contribution in [2.24, 2.45) is 5.92 Å². The van der Waals surface area contributed by atoms with Crippen molar-refractivity contribution in [1.29, 1.82) is 0 Å². The molecule has 17 heavy (non-hydrogen) atoms. The van der Waals surface area contributed by atoms with Gasteiger partial charge in [-0.1, -0.05) is 13.8 Å². The van der Waals surface area contributed by atoms with Crippen LogP contribution in [0.1, 0.15) is 25.1 Å². The van der Waals surface area contributed by atoms with Gasteiger partial charge in [-0.15, -0.1) is 11.3 Å². The lowest BCUT2D eigenvalue weighted by molar-refractivity contribution is -0.131. The second-order valence-corrected chi connectivity index (χ2v) is 5.73. The summed E-state index contributed by atoms with van der Waals surface area (Å²) in [6.07, 6.45) is 2.69. The van der Waals surface area contributed by atoms with Gasteiger partial charge in [-0.05, 0) is 12.3 Å². The highest BCUT2D eigenvalue weighted by atomic mass is 32.1. The Balaban J connectivity index is 2.54. The number of thiazole rings is 1. The molecule has 0 saturated carbocycles. The van der Waals surface area contributed by atoms with Crippen LogP contribution in [0, 0.1) is 5.92 Å². The second-order valence-electron chi connectivity index (χ2n) is 4.76. The van der Waals surface area contributed by atoms with Crippen LogP contribution in [0.25, 0.3) is 0 Å². The minimum absolute atomic E-state index is 0.105. The Morgan fingerprint density at radius 2 is 2.24 bits per heavy atom. The van der Waals surface area contributed by atoms with Crippen LogP contribution >= 0.6 is 11.3 Å². The van der Waals surface area contributed by atoms with E-state index in [4.69, 9.17) is 0 Å². The Hall–Kier alpha value is -0.940. The second kappa shape index (κ2) is 6.71. The standard InChI is InChI=1S/C12H21N3OS/c1-9(2)5-11(12(16)15(3)4)14-7-10-6-13-8-17-10/h6,8-9,11,14H,5,7H2,1-4H3. The zero-order chi connectivity index (χ0) is 12.8. The van der Waals surface area contributed by atoms with E-state index in [1.807, 2.05) is 11.7 Å². The number of rotatable bonds is 6. The highest BCUT2D eigenvalue weighted by Gasteiger charge is 2.20. The molecule has 1 atom stereocenters. The first-order chi connectivity index (χ1) is 8.00. The molecule has 0 aliphatic rings. The number of hydrogen-bond acceptors (Lipinski definition) is 4. The van der Waals surface area contributed by atoms with Crippen LogP contribution in [0.2, 0.25) is 0 Å². The minimum Gasteiger partial charge on any atom is -0.347 e. The first-order valence-corrected chi connectivity index (χ1v) is 6.70. The summed E-state index contributed by atoms with van der Waals surface area (Å²) in [6.45, 7) is 4.97. The third-order valence-corrected chi connectivity index (χ3v) is 3.23. The van der Waals surface area contributed by atoms with Crippen LogP contribution in [0.5, 0.6) is 0 Å². The molecule has 1 unspecified atom stereocenters. The molecule has 1 aromatic rings. The molecule has 96 valence electrons. The number of likely N-dealkylation sites (N-methyl/N-ethyl adjacent to an activating group) is 1. The van der Waals surface area contributed by atoms with Gasteiger partial charge in [-0.25, -0.2) is 0 Å².